The summed E-state index contributed by atoms with van der Waals surface area (Å²) in [6, 6.07) is 15.7. The second-order valence-electron chi connectivity index (χ2n) is 4.43. The van der Waals surface area contributed by atoms with E-state index in [9.17, 15) is 4.79 Å². The van der Waals surface area contributed by atoms with Gasteiger partial charge in [-0.05, 0) is 23.6 Å². The molecule has 0 atom stereocenters. The van der Waals surface area contributed by atoms with Crippen LogP contribution >= 0.6 is 0 Å². The SMILES string of the molecule is COc1c(CCC=O)cccc1OCc1ccccc1. The molecule has 0 fully saturated rings. The summed E-state index contributed by atoms with van der Waals surface area (Å²) in [5.41, 5.74) is 2.10. The predicted molar refractivity (Wildman–Crippen MR) is 78.2 cm³/mol. The molecule has 0 aliphatic heterocycles. The molecule has 0 radical (unpaired) electrons. The van der Waals surface area contributed by atoms with Gasteiger partial charge in [-0.3, -0.25) is 0 Å². The third kappa shape index (κ3) is 3.60. The summed E-state index contributed by atoms with van der Waals surface area (Å²) in [6.45, 7) is 0.494. The van der Waals surface area contributed by atoms with Crippen LogP contribution in [0.3, 0.4) is 0 Å². The van der Waals surface area contributed by atoms with Gasteiger partial charge >= 0.3 is 0 Å². The van der Waals surface area contributed by atoms with Crippen molar-refractivity contribution in [2.75, 3.05) is 7.11 Å². The lowest BCUT2D eigenvalue weighted by Crippen LogP contribution is -2.00. The molecule has 0 unspecified atom stereocenters. The van der Waals surface area contributed by atoms with Crippen LogP contribution in [0.25, 0.3) is 0 Å². The first-order chi connectivity index (χ1) is 9.85. The molecule has 104 valence electrons. The van der Waals surface area contributed by atoms with Gasteiger partial charge in [0.1, 0.15) is 12.9 Å². The number of rotatable bonds is 7. The fourth-order valence-corrected chi connectivity index (χ4v) is 2.05. The van der Waals surface area contributed by atoms with E-state index in [0.29, 0.717) is 30.9 Å². The molecule has 0 bridgehead atoms. The molecule has 0 heterocycles. The van der Waals surface area contributed by atoms with Gasteiger partial charge in [-0.15, -0.1) is 0 Å². The molecule has 3 nitrogen and oxygen atoms in total. The van der Waals surface area contributed by atoms with Crippen molar-refractivity contribution in [2.24, 2.45) is 0 Å². The van der Waals surface area contributed by atoms with Gasteiger partial charge in [-0.2, -0.15) is 0 Å². The number of hydrogen-bond donors (Lipinski definition) is 0. The molecule has 0 saturated heterocycles. The normalized spacial score (nSPS) is 10.1. The molecular formula is C17H18O3. The van der Waals surface area contributed by atoms with E-state index in [1.807, 2.05) is 48.5 Å². The molecule has 0 N–H and O–H groups in total. The van der Waals surface area contributed by atoms with Crippen LogP contribution in [0, 0.1) is 0 Å². The maximum absolute atomic E-state index is 10.5. The quantitative estimate of drug-likeness (QED) is 0.723. The van der Waals surface area contributed by atoms with Crippen LogP contribution in [0.2, 0.25) is 0 Å². The smallest absolute Gasteiger partial charge is 0.163 e. The molecule has 0 aromatic heterocycles. The van der Waals surface area contributed by atoms with Crippen LogP contribution < -0.4 is 9.47 Å². The zero-order chi connectivity index (χ0) is 14.2. The number of para-hydroxylation sites is 1. The van der Waals surface area contributed by atoms with Gasteiger partial charge in [-0.1, -0.05) is 42.5 Å². The average molecular weight is 270 g/mol. The number of benzene rings is 2. The van der Waals surface area contributed by atoms with Gasteiger partial charge in [0.2, 0.25) is 0 Å². The van der Waals surface area contributed by atoms with E-state index < -0.39 is 0 Å². The van der Waals surface area contributed by atoms with Gasteiger partial charge in [0.05, 0.1) is 7.11 Å². The van der Waals surface area contributed by atoms with Crippen molar-refractivity contribution in [1.82, 2.24) is 0 Å². The van der Waals surface area contributed by atoms with Crippen molar-refractivity contribution < 1.29 is 14.3 Å². The Kier molecular flexibility index (Phi) is 5.18. The molecule has 0 spiro atoms. The summed E-state index contributed by atoms with van der Waals surface area (Å²) >= 11 is 0. The zero-order valence-corrected chi connectivity index (χ0v) is 11.5. The van der Waals surface area contributed by atoms with Crippen molar-refractivity contribution in [3.05, 3.63) is 59.7 Å². The van der Waals surface area contributed by atoms with Gasteiger partial charge in [0.15, 0.2) is 11.5 Å². The van der Waals surface area contributed by atoms with Gasteiger partial charge in [0.25, 0.3) is 0 Å². The standard InChI is InChI=1S/C17H18O3/c1-19-17-15(10-6-12-18)9-5-11-16(17)20-13-14-7-3-2-4-8-14/h2-5,7-9,11-12H,6,10,13H2,1H3. The minimum atomic E-state index is 0.485. The minimum Gasteiger partial charge on any atom is -0.493 e. The molecule has 3 heteroatoms. The van der Waals surface area contributed by atoms with Crippen molar-refractivity contribution >= 4 is 6.29 Å². The van der Waals surface area contributed by atoms with E-state index in [1.165, 1.54) is 0 Å². The van der Waals surface area contributed by atoms with Crippen LogP contribution in [-0.2, 0) is 17.8 Å². The molecule has 0 aliphatic carbocycles. The van der Waals surface area contributed by atoms with Gasteiger partial charge in [-0.25, -0.2) is 0 Å². The van der Waals surface area contributed by atoms with E-state index in [-0.39, 0.29) is 0 Å². The number of carbonyl (C=O) groups excluding carboxylic acids is 1. The van der Waals surface area contributed by atoms with Crippen molar-refractivity contribution in [1.29, 1.82) is 0 Å². The van der Waals surface area contributed by atoms with Crippen LogP contribution in [0.15, 0.2) is 48.5 Å². The van der Waals surface area contributed by atoms with E-state index in [4.69, 9.17) is 9.47 Å². The van der Waals surface area contributed by atoms with E-state index >= 15 is 0 Å². The molecular weight excluding hydrogens is 252 g/mol. The Hall–Kier alpha value is -2.29. The molecule has 2 aromatic carbocycles. The third-order valence-electron chi connectivity index (χ3n) is 3.03. The number of methoxy groups -OCH3 is 1. The van der Waals surface area contributed by atoms with Crippen LogP contribution in [0.5, 0.6) is 11.5 Å². The predicted octanol–water partition coefficient (Wildman–Crippen LogP) is 3.41. The number of hydrogen-bond acceptors (Lipinski definition) is 3. The number of aryl methyl sites for hydroxylation is 1. The highest BCUT2D eigenvalue weighted by Crippen LogP contribution is 2.32. The lowest BCUT2D eigenvalue weighted by atomic mass is 10.1. The molecule has 0 aliphatic rings. The first kappa shape index (κ1) is 14.1. The summed E-state index contributed by atoms with van der Waals surface area (Å²) in [7, 11) is 1.62. The topological polar surface area (TPSA) is 35.5 Å². The van der Waals surface area contributed by atoms with Crippen LogP contribution in [0.1, 0.15) is 17.5 Å². The lowest BCUT2D eigenvalue weighted by Gasteiger charge is -2.14. The number of aldehydes is 1. The Labute approximate surface area is 119 Å². The lowest BCUT2D eigenvalue weighted by molar-refractivity contribution is -0.107. The van der Waals surface area contributed by atoms with Crippen molar-refractivity contribution in [3.63, 3.8) is 0 Å². The highest BCUT2D eigenvalue weighted by Gasteiger charge is 2.10. The maximum Gasteiger partial charge on any atom is 0.163 e. The molecule has 0 amide bonds. The zero-order valence-electron chi connectivity index (χ0n) is 11.5. The largest absolute Gasteiger partial charge is 0.493 e. The Morgan fingerprint density at radius 1 is 1.05 bits per heavy atom. The molecule has 0 saturated carbocycles. The van der Waals surface area contributed by atoms with Gasteiger partial charge < -0.3 is 14.3 Å². The molecule has 2 aromatic rings. The number of carbonyl (C=O) groups is 1. The van der Waals surface area contributed by atoms with E-state index in [0.717, 1.165) is 17.4 Å². The maximum atomic E-state index is 10.5. The first-order valence-electron chi connectivity index (χ1n) is 6.61. The van der Waals surface area contributed by atoms with Crippen molar-refractivity contribution in [2.45, 2.75) is 19.4 Å². The van der Waals surface area contributed by atoms with E-state index in [1.54, 1.807) is 7.11 Å². The summed E-state index contributed by atoms with van der Waals surface area (Å²) in [4.78, 5) is 10.5. The van der Waals surface area contributed by atoms with E-state index in [2.05, 4.69) is 0 Å². The Morgan fingerprint density at radius 3 is 2.55 bits per heavy atom. The van der Waals surface area contributed by atoms with Crippen LogP contribution in [0.4, 0.5) is 0 Å². The Bertz CT molecular complexity index is 549. The third-order valence-corrected chi connectivity index (χ3v) is 3.03. The molecule has 20 heavy (non-hydrogen) atoms. The fourth-order valence-electron chi connectivity index (χ4n) is 2.05. The average Bonchev–Trinajstić information content (AvgIpc) is 2.51. The summed E-state index contributed by atoms with van der Waals surface area (Å²) in [5.74, 6) is 1.42. The number of ether oxygens (including phenoxy) is 2. The second-order valence-corrected chi connectivity index (χ2v) is 4.43. The van der Waals surface area contributed by atoms with Gasteiger partial charge in [0, 0.05) is 6.42 Å². The minimum absolute atomic E-state index is 0.485. The summed E-state index contributed by atoms with van der Waals surface area (Å²) < 4.78 is 11.2. The highest BCUT2D eigenvalue weighted by molar-refractivity contribution is 5.53. The summed E-state index contributed by atoms with van der Waals surface area (Å²) in [5, 5.41) is 0. The Balaban J connectivity index is 2.12. The molecule has 2 rings (SSSR count). The fraction of sp³-hybridized carbons (Fsp3) is 0.235. The van der Waals surface area contributed by atoms with Crippen LogP contribution in [-0.4, -0.2) is 13.4 Å². The first-order valence-corrected chi connectivity index (χ1v) is 6.61. The highest BCUT2D eigenvalue weighted by atomic mass is 16.5. The van der Waals surface area contributed by atoms with Crippen molar-refractivity contribution in [3.8, 4) is 11.5 Å². The second kappa shape index (κ2) is 7.34. The summed E-state index contributed by atoms with van der Waals surface area (Å²) in [6.07, 6.45) is 2.06. The Morgan fingerprint density at radius 2 is 1.85 bits per heavy atom. The monoisotopic (exact) mass is 270 g/mol.